The first kappa shape index (κ1) is 14.9. The largest absolute Gasteiger partial charge is 0.377 e. The van der Waals surface area contributed by atoms with E-state index >= 15 is 0 Å². The standard InChI is InChI=1S/C15H26N4O2/c1-3-14-16-15(21-17-14)12(2)19-8-6-18(7-9-19)11-13-5-4-10-20-13/h12-13H,3-11H2,1-2H3/t12-,13+/m1/s1. The molecule has 118 valence electrons. The third-order valence-electron chi connectivity index (χ3n) is 4.60. The highest BCUT2D eigenvalue weighted by Crippen LogP contribution is 2.21. The minimum absolute atomic E-state index is 0.211. The first-order chi connectivity index (χ1) is 10.3. The summed E-state index contributed by atoms with van der Waals surface area (Å²) >= 11 is 0. The van der Waals surface area contributed by atoms with E-state index in [1.807, 2.05) is 6.92 Å². The summed E-state index contributed by atoms with van der Waals surface area (Å²) in [5.41, 5.74) is 0. The van der Waals surface area contributed by atoms with Gasteiger partial charge in [0.15, 0.2) is 5.82 Å². The van der Waals surface area contributed by atoms with Crippen molar-refractivity contribution in [3.63, 3.8) is 0 Å². The summed E-state index contributed by atoms with van der Waals surface area (Å²) in [7, 11) is 0. The van der Waals surface area contributed by atoms with Crippen molar-refractivity contribution in [2.75, 3.05) is 39.3 Å². The molecule has 6 nitrogen and oxygen atoms in total. The van der Waals surface area contributed by atoms with Crippen molar-refractivity contribution in [2.24, 2.45) is 0 Å². The second-order valence-corrected chi connectivity index (χ2v) is 6.05. The number of hydrogen-bond acceptors (Lipinski definition) is 6. The predicted molar refractivity (Wildman–Crippen MR) is 79.1 cm³/mol. The second-order valence-electron chi connectivity index (χ2n) is 6.05. The Morgan fingerprint density at radius 2 is 2.10 bits per heavy atom. The van der Waals surface area contributed by atoms with Gasteiger partial charge >= 0.3 is 0 Å². The lowest BCUT2D eigenvalue weighted by molar-refractivity contribution is 0.0379. The van der Waals surface area contributed by atoms with Crippen molar-refractivity contribution in [2.45, 2.75) is 45.3 Å². The lowest BCUT2D eigenvalue weighted by Gasteiger charge is -2.37. The van der Waals surface area contributed by atoms with E-state index in [2.05, 4.69) is 26.9 Å². The zero-order valence-corrected chi connectivity index (χ0v) is 13.1. The summed E-state index contributed by atoms with van der Waals surface area (Å²) < 4.78 is 11.1. The van der Waals surface area contributed by atoms with Crippen LogP contribution in [0.1, 0.15) is 44.4 Å². The van der Waals surface area contributed by atoms with Gasteiger partial charge in [0.25, 0.3) is 0 Å². The summed E-state index contributed by atoms with van der Waals surface area (Å²) in [6.07, 6.45) is 3.72. The molecular formula is C15H26N4O2. The third kappa shape index (κ3) is 3.62. The Kier molecular flexibility index (Phi) is 4.87. The lowest BCUT2D eigenvalue weighted by atomic mass is 10.2. The third-order valence-corrected chi connectivity index (χ3v) is 4.60. The van der Waals surface area contributed by atoms with E-state index in [4.69, 9.17) is 9.26 Å². The summed E-state index contributed by atoms with van der Waals surface area (Å²) in [5.74, 6) is 1.55. The topological polar surface area (TPSA) is 54.6 Å². The minimum Gasteiger partial charge on any atom is -0.377 e. The number of aryl methyl sites for hydroxylation is 1. The zero-order valence-electron chi connectivity index (χ0n) is 13.1. The van der Waals surface area contributed by atoms with E-state index in [1.54, 1.807) is 0 Å². The molecule has 2 atom stereocenters. The molecule has 6 heteroatoms. The lowest BCUT2D eigenvalue weighted by Crippen LogP contribution is -2.49. The van der Waals surface area contributed by atoms with E-state index in [0.717, 1.165) is 57.5 Å². The van der Waals surface area contributed by atoms with Gasteiger partial charge in [0.05, 0.1) is 12.1 Å². The molecule has 2 aliphatic rings. The maximum atomic E-state index is 5.73. The molecule has 2 fully saturated rings. The molecule has 0 aromatic carbocycles. The first-order valence-electron chi connectivity index (χ1n) is 8.16. The van der Waals surface area contributed by atoms with Crippen molar-refractivity contribution in [3.05, 3.63) is 11.7 Å². The summed E-state index contributed by atoms with van der Waals surface area (Å²) in [5, 5.41) is 3.99. The van der Waals surface area contributed by atoms with Crippen molar-refractivity contribution >= 4 is 0 Å². The van der Waals surface area contributed by atoms with Crippen LogP contribution in [0.4, 0.5) is 0 Å². The van der Waals surface area contributed by atoms with Crippen molar-refractivity contribution in [3.8, 4) is 0 Å². The zero-order chi connectivity index (χ0) is 14.7. The molecule has 3 rings (SSSR count). The normalized spacial score (nSPS) is 26.3. The summed E-state index contributed by atoms with van der Waals surface area (Å²) in [4.78, 5) is 9.40. The quantitative estimate of drug-likeness (QED) is 0.820. The van der Waals surface area contributed by atoms with E-state index in [1.165, 1.54) is 12.8 Å². The molecule has 2 aliphatic heterocycles. The van der Waals surface area contributed by atoms with E-state index in [9.17, 15) is 0 Å². The molecule has 0 N–H and O–H groups in total. The molecule has 0 saturated carbocycles. The molecule has 21 heavy (non-hydrogen) atoms. The van der Waals surface area contributed by atoms with Crippen LogP contribution in [0.5, 0.6) is 0 Å². The fraction of sp³-hybridized carbons (Fsp3) is 0.867. The molecule has 0 radical (unpaired) electrons. The highest BCUT2D eigenvalue weighted by atomic mass is 16.5. The molecule has 0 spiro atoms. The van der Waals surface area contributed by atoms with Gasteiger partial charge in [-0.15, -0.1) is 0 Å². The Morgan fingerprint density at radius 1 is 1.29 bits per heavy atom. The van der Waals surface area contributed by atoms with Crippen LogP contribution in [-0.4, -0.2) is 65.4 Å². The van der Waals surface area contributed by atoms with Crippen LogP contribution in [0.15, 0.2) is 4.52 Å². The van der Waals surface area contributed by atoms with Gasteiger partial charge in [0, 0.05) is 45.8 Å². The molecule has 2 saturated heterocycles. The van der Waals surface area contributed by atoms with E-state index in [0.29, 0.717) is 6.10 Å². The average molecular weight is 294 g/mol. The van der Waals surface area contributed by atoms with E-state index < -0.39 is 0 Å². The van der Waals surface area contributed by atoms with Crippen molar-refractivity contribution in [1.29, 1.82) is 0 Å². The molecule has 1 aromatic heterocycles. The maximum absolute atomic E-state index is 5.73. The van der Waals surface area contributed by atoms with Crippen LogP contribution in [0, 0.1) is 0 Å². The molecular weight excluding hydrogens is 268 g/mol. The van der Waals surface area contributed by atoms with Crippen LogP contribution >= 0.6 is 0 Å². The molecule has 3 heterocycles. The number of rotatable bonds is 5. The highest BCUT2D eigenvalue weighted by molar-refractivity contribution is 4.93. The van der Waals surface area contributed by atoms with Crippen LogP contribution < -0.4 is 0 Å². The Morgan fingerprint density at radius 3 is 2.71 bits per heavy atom. The maximum Gasteiger partial charge on any atom is 0.243 e. The van der Waals surface area contributed by atoms with Gasteiger partial charge < -0.3 is 9.26 Å². The Balaban J connectivity index is 1.48. The van der Waals surface area contributed by atoms with Crippen LogP contribution in [-0.2, 0) is 11.2 Å². The Labute approximate surface area is 126 Å². The smallest absolute Gasteiger partial charge is 0.243 e. The molecule has 0 unspecified atom stereocenters. The Hall–Kier alpha value is -0.980. The molecule has 0 amide bonds. The number of ether oxygens (including phenoxy) is 1. The SMILES string of the molecule is CCc1noc([C@@H](C)N2CCN(C[C@@H]3CCCO3)CC2)n1. The summed E-state index contributed by atoms with van der Waals surface area (Å²) in [6.45, 7) is 10.5. The van der Waals surface area contributed by atoms with Gasteiger partial charge in [-0.05, 0) is 19.8 Å². The Bertz CT molecular complexity index is 437. The second kappa shape index (κ2) is 6.85. The number of piperazine rings is 1. The number of hydrogen-bond donors (Lipinski definition) is 0. The highest BCUT2D eigenvalue weighted by Gasteiger charge is 2.27. The number of nitrogens with zero attached hydrogens (tertiary/aromatic N) is 4. The minimum atomic E-state index is 0.211. The van der Waals surface area contributed by atoms with E-state index in [-0.39, 0.29) is 6.04 Å². The van der Waals surface area contributed by atoms with Gasteiger partial charge in [0.2, 0.25) is 5.89 Å². The summed E-state index contributed by atoms with van der Waals surface area (Å²) in [6, 6.07) is 0.211. The van der Waals surface area contributed by atoms with Crippen molar-refractivity contribution < 1.29 is 9.26 Å². The van der Waals surface area contributed by atoms with Crippen molar-refractivity contribution in [1.82, 2.24) is 19.9 Å². The van der Waals surface area contributed by atoms with Crippen LogP contribution in [0.2, 0.25) is 0 Å². The molecule has 1 aromatic rings. The first-order valence-corrected chi connectivity index (χ1v) is 8.16. The fourth-order valence-electron chi connectivity index (χ4n) is 3.15. The van der Waals surface area contributed by atoms with Crippen LogP contribution in [0.3, 0.4) is 0 Å². The number of aromatic nitrogens is 2. The van der Waals surface area contributed by atoms with Gasteiger partial charge in [-0.2, -0.15) is 4.98 Å². The molecule has 0 aliphatic carbocycles. The van der Waals surface area contributed by atoms with Gasteiger partial charge in [0.1, 0.15) is 0 Å². The fourth-order valence-corrected chi connectivity index (χ4v) is 3.15. The van der Waals surface area contributed by atoms with Gasteiger partial charge in [-0.25, -0.2) is 0 Å². The van der Waals surface area contributed by atoms with Gasteiger partial charge in [-0.1, -0.05) is 12.1 Å². The molecule has 0 bridgehead atoms. The van der Waals surface area contributed by atoms with Gasteiger partial charge in [-0.3, -0.25) is 9.80 Å². The predicted octanol–water partition coefficient (Wildman–Crippen LogP) is 1.49. The monoisotopic (exact) mass is 294 g/mol. The van der Waals surface area contributed by atoms with Crippen LogP contribution in [0.25, 0.3) is 0 Å². The average Bonchev–Trinajstić information content (AvgIpc) is 3.18.